The molecular formula is C18H28ClN5. The van der Waals surface area contributed by atoms with Crippen molar-refractivity contribution in [2.75, 3.05) is 45.2 Å². The third kappa shape index (κ3) is 4.33. The summed E-state index contributed by atoms with van der Waals surface area (Å²) in [6.07, 6.45) is 3.68. The van der Waals surface area contributed by atoms with E-state index in [1.54, 1.807) is 0 Å². The van der Waals surface area contributed by atoms with Gasteiger partial charge in [-0.05, 0) is 51.1 Å². The monoisotopic (exact) mass is 349 g/mol. The molecule has 0 aromatic heterocycles. The highest BCUT2D eigenvalue weighted by atomic mass is 35.5. The number of likely N-dealkylation sites (N-methyl/N-ethyl adjacent to an activating group) is 1. The van der Waals surface area contributed by atoms with E-state index in [4.69, 9.17) is 11.6 Å². The third-order valence-electron chi connectivity index (χ3n) is 5.10. The molecule has 1 aromatic rings. The Morgan fingerprint density at radius 1 is 1.33 bits per heavy atom. The van der Waals surface area contributed by atoms with Gasteiger partial charge in [0.15, 0.2) is 5.96 Å². The Labute approximate surface area is 150 Å². The Kier molecular flexibility index (Phi) is 5.85. The van der Waals surface area contributed by atoms with Gasteiger partial charge in [0.2, 0.25) is 0 Å². The fourth-order valence-electron chi connectivity index (χ4n) is 3.63. The first kappa shape index (κ1) is 17.4. The highest BCUT2D eigenvalue weighted by molar-refractivity contribution is 6.30. The molecule has 1 aromatic carbocycles. The number of nitrogens with one attached hydrogen (secondary N) is 2. The van der Waals surface area contributed by atoms with E-state index >= 15 is 0 Å². The second-order valence-electron chi connectivity index (χ2n) is 6.79. The van der Waals surface area contributed by atoms with E-state index in [1.807, 2.05) is 25.2 Å². The average molecular weight is 350 g/mol. The van der Waals surface area contributed by atoms with E-state index in [-0.39, 0.29) is 0 Å². The number of halogens is 1. The Morgan fingerprint density at radius 2 is 2.21 bits per heavy atom. The molecule has 2 fully saturated rings. The van der Waals surface area contributed by atoms with Crippen LogP contribution in [0.1, 0.15) is 19.3 Å². The fraction of sp³-hybridized carbons (Fsp3) is 0.611. The summed E-state index contributed by atoms with van der Waals surface area (Å²) >= 11 is 6.11. The van der Waals surface area contributed by atoms with E-state index < -0.39 is 0 Å². The zero-order valence-electron chi connectivity index (χ0n) is 14.6. The van der Waals surface area contributed by atoms with E-state index in [1.165, 1.54) is 25.1 Å². The molecule has 0 spiro atoms. The summed E-state index contributed by atoms with van der Waals surface area (Å²) in [5.74, 6) is 0.910. The van der Waals surface area contributed by atoms with Gasteiger partial charge in [-0.3, -0.25) is 4.99 Å². The second kappa shape index (κ2) is 8.08. The molecule has 2 atom stereocenters. The maximum atomic E-state index is 6.11. The van der Waals surface area contributed by atoms with Gasteiger partial charge in [0, 0.05) is 49.5 Å². The molecule has 2 N–H and O–H groups in total. The molecule has 24 heavy (non-hydrogen) atoms. The largest absolute Gasteiger partial charge is 0.369 e. The number of nitrogens with zero attached hydrogens (tertiary/aromatic N) is 3. The number of benzene rings is 1. The van der Waals surface area contributed by atoms with Gasteiger partial charge in [0.05, 0.1) is 0 Å². The molecule has 0 saturated carbocycles. The maximum Gasteiger partial charge on any atom is 0.191 e. The van der Waals surface area contributed by atoms with E-state index in [0.717, 1.165) is 37.0 Å². The van der Waals surface area contributed by atoms with Crippen LogP contribution in [0.25, 0.3) is 0 Å². The minimum Gasteiger partial charge on any atom is -0.369 e. The summed E-state index contributed by atoms with van der Waals surface area (Å²) in [6, 6.07) is 9.12. The molecule has 2 aliphatic rings. The SMILES string of the molecule is CN=C(NCC1CCCN1C)NC1CCN(c2cccc(Cl)c2)C1. The van der Waals surface area contributed by atoms with Crippen molar-refractivity contribution in [3.8, 4) is 0 Å². The summed E-state index contributed by atoms with van der Waals surface area (Å²) in [5.41, 5.74) is 1.20. The van der Waals surface area contributed by atoms with Crippen molar-refractivity contribution in [2.45, 2.75) is 31.3 Å². The molecule has 6 heteroatoms. The smallest absolute Gasteiger partial charge is 0.191 e. The number of likely N-dealkylation sites (tertiary alicyclic amines) is 1. The second-order valence-corrected chi connectivity index (χ2v) is 7.22. The van der Waals surface area contributed by atoms with Crippen molar-refractivity contribution in [3.63, 3.8) is 0 Å². The third-order valence-corrected chi connectivity index (χ3v) is 5.34. The van der Waals surface area contributed by atoms with Crippen molar-refractivity contribution in [2.24, 2.45) is 4.99 Å². The first-order valence-corrected chi connectivity index (χ1v) is 9.21. The molecule has 2 aliphatic heterocycles. The first-order valence-electron chi connectivity index (χ1n) is 8.83. The predicted octanol–water partition coefficient (Wildman–Crippen LogP) is 2.18. The standard InChI is InChI=1S/C18H28ClN5/c1-20-18(21-12-17-7-4-9-23(17)2)22-15-8-10-24(13-15)16-6-3-5-14(19)11-16/h3,5-6,11,15,17H,4,7-10,12-13H2,1-2H3,(H2,20,21,22). The van der Waals surface area contributed by atoms with Crippen LogP contribution in [-0.4, -0.2) is 63.2 Å². The summed E-state index contributed by atoms with van der Waals surface area (Å²) in [5, 5.41) is 7.85. The lowest BCUT2D eigenvalue weighted by Crippen LogP contribution is -2.48. The van der Waals surface area contributed by atoms with Gasteiger partial charge in [0.25, 0.3) is 0 Å². The van der Waals surface area contributed by atoms with Crippen LogP contribution >= 0.6 is 11.6 Å². The highest BCUT2D eigenvalue weighted by Crippen LogP contribution is 2.23. The average Bonchev–Trinajstić information content (AvgIpc) is 3.20. The molecule has 2 unspecified atom stereocenters. The van der Waals surface area contributed by atoms with Gasteiger partial charge < -0.3 is 20.4 Å². The number of guanidine groups is 1. The first-order chi connectivity index (χ1) is 11.7. The quantitative estimate of drug-likeness (QED) is 0.646. The van der Waals surface area contributed by atoms with Crippen LogP contribution in [0.2, 0.25) is 5.02 Å². The molecule has 3 rings (SSSR count). The molecule has 0 radical (unpaired) electrons. The summed E-state index contributed by atoms with van der Waals surface area (Å²) in [6.45, 7) is 4.18. The van der Waals surface area contributed by atoms with Crippen molar-refractivity contribution in [3.05, 3.63) is 29.3 Å². The van der Waals surface area contributed by atoms with Crippen molar-refractivity contribution in [1.82, 2.24) is 15.5 Å². The number of anilines is 1. The summed E-state index contributed by atoms with van der Waals surface area (Å²) < 4.78 is 0. The van der Waals surface area contributed by atoms with Crippen LogP contribution in [0.3, 0.4) is 0 Å². The minimum atomic E-state index is 0.413. The summed E-state index contributed by atoms with van der Waals surface area (Å²) in [4.78, 5) is 9.19. The normalized spacial score (nSPS) is 25.3. The van der Waals surface area contributed by atoms with Crippen LogP contribution in [0.15, 0.2) is 29.3 Å². The molecule has 0 aliphatic carbocycles. The van der Waals surface area contributed by atoms with Crippen molar-refractivity contribution < 1.29 is 0 Å². The molecule has 2 saturated heterocycles. The van der Waals surface area contributed by atoms with Crippen LogP contribution in [0.4, 0.5) is 5.69 Å². The number of rotatable bonds is 4. The van der Waals surface area contributed by atoms with Gasteiger partial charge in [-0.15, -0.1) is 0 Å². The maximum absolute atomic E-state index is 6.11. The molecular weight excluding hydrogens is 322 g/mol. The van der Waals surface area contributed by atoms with Crippen molar-refractivity contribution in [1.29, 1.82) is 0 Å². The number of hydrogen-bond donors (Lipinski definition) is 2. The zero-order valence-corrected chi connectivity index (χ0v) is 15.4. The molecule has 5 nitrogen and oxygen atoms in total. The van der Waals surface area contributed by atoms with E-state index in [0.29, 0.717) is 12.1 Å². The van der Waals surface area contributed by atoms with Gasteiger partial charge >= 0.3 is 0 Å². The van der Waals surface area contributed by atoms with Crippen molar-refractivity contribution >= 4 is 23.2 Å². The lowest BCUT2D eigenvalue weighted by atomic mass is 10.2. The Morgan fingerprint density at radius 3 is 2.92 bits per heavy atom. The molecule has 0 amide bonds. The van der Waals surface area contributed by atoms with Gasteiger partial charge in [-0.25, -0.2) is 0 Å². The zero-order chi connectivity index (χ0) is 16.9. The highest BCUT2D eigenvalue weighted by Gasteiger charge is 2.25. The van der Waals surface area contributed by atoms with Crippen LogP contribution < -0.4 is 15.5 Å². The molecule has 0 bridgehead atoms. The van der Waals surface area contributed by atoms with Gasteiger partial charge in [-0.2, -0.15) is 0 Å². The number of hydrogen-bond acceptors (Lipinski definition) is 3. The predicted molar refractivity (Wildman–Crippen MR) is 102 cm³/mol. The Hall–Kier alpha value is -1.46. The Balaban J connectivity index is 1.48. The van der Waals surface area contributed by atoms with Gasteiger partial charge in [0.1, 0.15) is 0 Å². The Bertz CT molecular complexity index is 576. The van der Waals surface area contributed by atoms with Crippen LogP contribution in [0.5, 0.6) is 0 Å². The number of aliphatic imine (C=N–C) groups is 1. The van der Waals surface area contributed by atoms with E-state index in [2.05, 4.69) is 38.5 Å². The lowest BCUT2D eigenvalue weighted by molar-refractivity contribution is 0.309. The van der Waals surface area contributed by atoms with Crippen LogP contribution in [-0.2, 0) is 0 Å². The lowest BCUT2D eigenvalue weighted by Gasteiger charge is -2.23. The molecule has 132 valence electrons. The minimum absolute atomic E-state index is 0.413. The van der Waals surface area contributed by atoms with E-state index in [9.17, 15) is 0 Å². The fourth-order valence-corrected chi connectivity index (χ4v) is 3.81. The van der Waals surface area contributed by atoms with Gasteiger partial charge in [-0.1, -0.05) is 17.7 Å². The molecule has 2 heterocycles. The summed E-state index contributed by atoms with van der Waals surface area (Å²) in [7, 11) is 4.05. The van der Waals surface area contributed by atoms with Crippen LogP contribution in [0, 0.1) is 0 Å². The topological polar surface area (TPSA) is 42.9 Å².